The first-order valence-corrected chi connectivity index (χ1v) is 11.2. The number of amides is 1. The number of thiazole rings is 1. The third kappa shape index (κ3) is 4.98. The smallest absolute Gasteiger partial charge is 0.289 e. The second-order valence-electron chi connectivity index (χ2n) is 7.67. The summed E-state index contributed by atoms with van der Waals surface area (Å²) in [4.78, 5) is 33.8. The molecule has 4 aromatic rings. The molecule has 33 heavy (non-hydrogen) atoms. The van der Waals surface area contributed by atoms with E-state index in [0.29, 0.717) is 43.7 Å². The van der Waals surface area contributed by atoms with Gasteiger partial charge in [-0.15, -0.1) is 23.7 Å². The molecule has 1 saturated heterocycles. The van der Waals surface area contributed by atoms with Gasteiger partial charge in [0.15, 0.2) is 11.2 Å². The lowest BCUT2D eigenvalue weighted by atomic mass is 10.2. The number of hydrogen-bond acceptors (Lipinski definition) is 6. The van der Waals surface area contributed by atoms with Crippen LogP contribution in [0.1, 0.15) is 15.6 Å². The van der Waals surface area contributed by atoms with Crippen molar-refractivity contribution in [2.75, 3.05) is 26.2 Å². The van der Waals surface area contributed by atoms with Crippen molar-refractivity contribution in [1.29, 1.82) is 0 Å². The lowest BCUT2D eigenvalue weighted by molar-refractivity contribution is 0.0598. The molecule has 1 aliphatic heterocycles. The van der Waals surface area contributed by atoms with E-state index in [9.17, 15) is 14.0 Å². The number of halogens is 2. The molecule has 0 aliphatic carbocycles. The number of carbonyl (C=O) groups is 1. The van der Waals surface area contributed by atoms with Crippen LogP contribution in [0.4, 0.5) is 4.39 Å². The molecule has 2 aromatic carbocycles. The van der Waals surface area contributed by atoms with Crippen LogP contribution in [0.5, 0.6) is 0 Å². The Hall–Kier alpha value is -3.07. The molecular weight excluding hydrogens is 465 g/mol. The van der Waals surface area contributed by atoms with Gasteiger partial charge in [-0.25, -0.2) is 9.37 Å². The van der Waals surface area contributed by atoms with Gasteiger partial charge in [-0.2, -0.15) is 0 Å². The molecular formula is C24H21ClFN3O3S. The average Bonchev–Trinajstić information content (AvgIpc) is 3.28. The first-order chi connectivity index (χ1) is 15.6. The van der Waals surface area contributed by atoms with Crippen molar-refractivity contribution >= 4 is 40.6 Å². The van der Waals surface area contributed by atoms with Crippen molar-refractivity contribution in [3.05, 3.63) is 86.8 Å². The van der Waals surface area contributed by atoms with Crippen molar-refractivity contribution in [2.24, 2.45) is 0 Å². The Balaban J connectivity index is 0.00000259. The van der Waals surface area contributed by atoms with Gasteiger partial charge in [0.25, 0.3) is 5.91 Å². The number of rotatable bonds is 4. The topological polar surface area (TPSA) is 66.7 Å². The van der Waals surface area contributed by atoms with E-state index in [1.54, 1.807) is 52.6 Å². The van der Waals surface area contributed by atoms with E-state index < -0.39 is 0 Å². The van der Waals surface area contributed by atoms with Crippen molar-refractivity contribution in [3.63, 3.8) is 0 Å². The summed E-state index contributed by atoms with van der Waals surface area (Å²) in [6, 6.07) is 14.5. The molecule has 0 spiro atoms. The molecule has 0 radical (unpaired) electrons. The first kappa shape index (κ1) is 23.1. The number of benzene rings is 2. The molecule has 2 aromatic heterocycles. The van der Waals surface area contributed by atoms with E-state index >= 15 is 0 Å². The van der Waals surface area contributed by atoms with E-state index in [2.05, 4.69) is 9.88 Å². The number of para-hydroxylation sites is 1. The molecule has 9 heteroatoms. The Kier molecular flexibility index (Phi) is 6.88. The molecule has 0 saturated carbocycles. The van der Waals surface area contributed by atoms with Gasteiger partial charge in [0.2, 0.25) is 0 Å². The zero-order chi connectivity index (χ0) is 22.1. The Labute approximate surface area is 199 Å². The summed E-state index contributed by atoms with van der Waals surface area (Å²) in [6.07, 6.45) is 0. The molecule has 170 valence electrons. The van der Waals surface area contributed by atoms with Gasteiger partial charge in [-0.1, -0.05) is 12.1 Å². The van der Waals surface area contributed by atoms with E-state index in [4.69, 9.17) is 4.42 Å². The van der Waals surface area contributed by atoms with Crippen LogP contribution in [0.15, 0.2) is 69.2 Å². The summed E-state index contributed by atoms with van der Waals surface area (Å²) >= 11 is 1.57. The monoisotopic (exact) mass is 485 g/mol. The van der Waals surface area contributed by atoms with Crippen LogP contribution in [-0.2, 0) is 6.54 Å². The Morgan fingerprint density at radius 3 is 2.55 bits per heavy atom. The van der Waals surface area contributed by atoms with Crippen LogP contribution < -0.4 is 5.43 Å². The second kappa shape index (κ2) is 9.82. The zero-order valence-corrected chi connectivity index (χ0v) is 19.2. The normalized spacial score (nSPS) is 14.3. The number of hydrogen-bond donors (Lipinski definition) is 0. The number of carbonyl (C=O) groups excluding carboxylic acids is 1. The average molecular weight is 486 g/mol. The van der Waals surface area contributed by atoms with Gasteiger partial charge in [0.1, 0.15) is 16.4 Å². The van der Waals surface area contributed by atoms with Gasteiger partial charge in [-0.3, -0.25) is 14.5 Å². The summed E-state index contributed by atoms with van der Waals surface area (Å²) in [5, 5.41) is 3.42. The molecule has 0 unspecified atom stereocenters. The minimum absolute atomic E-state index is 0. The highest BCUT2D eigenvalue weighted by Gasteiger charge is 2.25. The van der Waals surface area contributed by atoms with E-state index in [1.807, 2.05) is 5.38 Å². The van der Waals surface area contributed by atoms with Crippen LogP contribution in [0.25, 0.3) is 22.2 Å². The van der Waals surface area contributed by atoms with Crippen molar-refractivity contribution in [3.8, 4) is 11.3 Å². The highest BCUT2D eigenvalue weighted by atomic mass is 35.5. The molecule has 6 nitrogen and oxygen atoms in total. The lowest BCUT2D eigenvalue weighted by Crippen LogP contribution is -2.48. The third-order valence-corrected chi connectivity index (χ3v) is 6.39. The van der Waals surface area contributed by atoms with Crippen LogP contribution in [0.3, 0.4) is 0 Å². The first-order valence-electron chi connectivity index (χ1n) is 10.3. The van der Waals surface area contributed by atoms with Crippen LogP contribution >= 0.6 is 23.7 Å². The van der Waals surface area contributed by atoms with E-state index in [-0.39, 0.29) is 35.3 Å². The number of piperazine rings is 1. The molecule has 0 N–H and O–H groups in total. The van der Waals surface area contributed by atoms with Crippen molar-refractivity contribution in [1.82, 2.24) is 14.8 Å². The van der Waals surface area contributed by atoms with Crippen LogP contribution in [0, 0.1) is 5.82 Å². The van der Waals surface area contributed by atoms with Crippen LogP contribution in [0.2, 0.25) is 0 Å². The number of aromatic nitrogens is 1. The Morgan fingerprint density at radius 1 is 1.06 bits per heavy atom. The Bertz CT molecular complexity index is 1330. The van der Waals surface area contributed by atoms with Gasteiger partial charge < -0.3 is 9.32 Å². The van der Waals surface area contributed by atoms with Gasteiger partial charge in [0, 0.05) is 43.2 Å². The fourth-order valence-corrected chi connectivity index (χ4v) is 4.65. The predicted molar refractivity (Wildman–Crippen MR) is 128 cm³/mol. The molecule has 3 heterocycles. The number of nitrogens with zero attached hydrogens (tertiary/aromatic N) is 3. The Morgan fingerprint density at radius 2 is 1.79 bits per heavy atom. The molecule has 1 amide bonds. The zero-order valence-electron chi connectivity index (χ0n) is 17.6. The fourth-order valence-electron chi connectivity index (χ4n) is 3.80. The molecule has 5 rings (SSSR count). The molecule has 1 aliphatic rings. The summed E-state index contributed by atoms with van der Waals surface area (Å²) < 4.78 is 18.8. The maximum atomic E-state index is 13.1. The fraction of sp³-hybridized carbons (Fsp3) is 0.208. The molecule has 0 atom stereocenters. The summed E-state index contributed by atoms with van der Waals surface area (Å²) in [5.74, 6) is -0.453. The van der Waals surface area contributed by atoms with Gasteiger partial charge in [0.05, 0.1) is 17.6 Å². The molecule has 1 fully saturated rings. The SMILES string of the molecule is Cl.O=C(c1cc(=O)c2ccccc2o1)N1CCN(Cc2nc(-c3ccc(F)cc3)cs2)CC1. The minimum atomic E-state index is -0.264. The predicted octanol–water partition coefficient (Wildman–Crippen LogP) is 4.44. The van der Waals surface area contributed by atoms with Gasteiger partial charge in [-0.05, 0) is 36.4 Å². The maximum Gasteiger partial charge on any atom is 0.289 e. The second-order valence-corrected chi connectivity index (χ2v) is 8.62. The largest absolute Gasteiger partial charge is 0.451 e. The van der Waals surface area contributed by atoms with Gasteiger partial charge >= 0.3 is 0 Å². The van der Waals surface area contributed by atoms with Crippen molar-refractivity contribution in [2.45, 2.75) is 6.54 Å². The maximum absolute atomic E-state index is 13.1. The quantitative estimate of drug-likeness (QED) is 0.427. The minimum Gasteiger partial charge on any atom is -0.451 e. The van der Waals surface area contributed by atoms with E-state index in [1.165, 1.54) is 18.2 Å². The third-order valence-electron chi connectivity index (χ3n) is 5.56. The van der Waals surface area contributed by atoms with Crippen LogP contribution in [-0.4, -0.2) is 46.9 Å². The van der Waals surface area contributed by atoms with Crippen molar-refractivity contribution < 1.29 is 13.6 Å². The molecule has 0 bridgehead atoms. The standard InChI is InChI=1S/C24H20FN3O3S.ClH/c25-17-7-5-16(6-8-17)19-15-32-23(26-19)14-27-9-11-28(12-10-27)24(30)22-13-20(29)18-3-1-2-4-21(18)31-22;/h1-8,13,15H,9-12,14H2;1H. The van der Waals surface area contributed by atoms with E-state index in [0.717, 1.165) is 16.3 Å². The highest BCUT2D eigenvalue weighted by Crippen LogP contribution is 2.23. The summed E-state index contributed by atoms with van der Waals surface area (Å²) in [7, 11) is 0. The summed E-state index contributed by atoms with van der Waals surface area (Å²) in [5.41, 5.74) is 1.93. The highest BCUT2D eigenvalue weighted by molar-refractivity contribution is 7.09. The lowest BCUT2D eigenvalue weighted by Gasteiger charge is -2.33. The summed E-state index contributed by atoms with van der Waals surface area (Å²) in [6.45, 7) is 3.19. The number of fused-ring (bicyclic) bond motifs is 1.